The summed E-state index contributed by atoms with van der Waals surface area (Å²) in [6, 6.07) is 8.50. The van der Waals surface area contributed by atoms with Crippen molar-refractivity contribution in [3.05, 3.63) is 29.8 Å². The van der Waals surface area contributed by atoms with Gasteiger partial charge in [-0.2, -0.15) is 0 Å². The number of benzene rings is 1. The molecule has 78 valence electrons. The minimum atomic E-state index is 0.281. The van der Waals surface area contributed by atoms with Crippen molar-refractivity contribution in [1.82, 2.24) is 5.32 Å². The van der Waals surface area contributed by atoms with E-state index in [1.54, 1.807) is 11.8 Å². The molecule has 0 saturated heterocycles. The van der Waals surface area contributed by atoms with Crippen LogP contribution in [0.15, 0.2) is 29.2 Å². The Bertz CT molecular complexity index is 265. The normalized spacial score (nSPS) is 10.4. The third-order valence-electron chi connectivity index (χ3n) is 1.85. The highest BCUT2D eigenvalue weighted by Gasteiger charge is 1.95. The first-order chi connectivity index (χ1) is 6.86. The first-order valence-corrected chi connectivity index (χ1v) is 5.82. The topological polar surface area (TPSA) is 32.3 Å². The minimum Gasteiger partial charge on any atom is -0.396 e. The van der Waals surface area contributed by atoms with Crippen molar-refractivity contribution in [1.29, 1.82) is 0 Å². The van der Waals surface area contributed by atoms with Crippen LogP contribution in [0.25, 0.3) is 0 Å². The van der Waals surface area contributed by atoms with E-state index in [-0.39, 0.29) is 6.61 Å². The molecule has 1 rings (SSSR count). The van der Waals surface area contributed by atoms with Gasteiger partial charge in [0, 0.05) is 23.8 Å². The van der Waals surface area contributed by atoms with E-state index >= 15 is 0 Å². The van der Waals surface area contributed by atoms with Gasteiger partial charge >= 0.3 is 0 Å². The van der Waals surface area contributed by atoms with E-state index in [9.17, 15) is 0 Å². The average molecular weight is 211 g/mol. The molecule has 0 aromatic heterocycles. The molecule has 0 aliphatic heterocycles. The van der Waals surface area contributed by atoms with Crippen LogP contribution in [0.4, 0.5) is 0 Å². The highest BCUT2D eigenvalue weighted by Crippen LogP contribution is 2.19. The van der Waals surface area contributed by atoms with Gasteiger partial charge in [-0.05, 0) is 31.2 Å². The lowest BCUT2D eigenvalue weighted by atomic mass is 10.2. The standard InChI is InChI=1S/C11H17NOS/c1-12-9-10-4-2-5-11(8-10)14-7-3-6-13/h2,4-5,8,12-13H,3,6-7,9H2,1H3. The Labute approximate surface area is 89.7 Å². The predicted octanol–water partition coefficient (Wildman–Crippen LogP) is 1.88. The molecule has 1 aromatic rings. The van der Waals surface area contributed by atoms with E-state index in [1.165, 1.54) is 10.5 Å². The van der Waals surface area contributed by atoms with Crippen LogP contribution in [0.2, 0.25) is 0 Å². The van der Waals surface area contributed by atoms with Crippen molar-refractivity contribution < 1.29 is 5.11 Å². The third kappa shape index (κ3) is 4.13. The van der Waals surface area contributed by atoms with Gasteiger partial charge in [-0.1, -0.05) is 12.1 Å². The molecule has 0 radical (unpaired) electrons. The molecule has 1 aromatic carbocycles. The number of rotatable bonds is 6. The zero-order valence-corrected chi connectivity index (χ0v) is 9.31. The van der Waals surface area contributed by atoms with E-state index in [2.05, 4.69) is 29.6 Å². The van der Waals surface area contributed by atoms with Gasteiger partial charge in [0.15, 0.2) is 0 Å². The maximum Gasteiger partial charge on any atom is 0.0439 e. The summed E-state index contributed by atoms with van der Waals surface area (Å²) in [4.78, 5) is 1.28. The molecule has 0 aliphatic rings. The van der Waals surface area contributed by atoms with Crippen molar-refractivity contribution in [2.24, 2.45) is 0 Å². The number of aliphatic hydroxyl groups excluding tert-OH is 1. The summed E-state index contributed by atoms with van der Waals surface area (Å²) in [5, 5.41) is 11.8. The van der Waals surface area contributed by atoms with Gasteiger partial charge in [-0.3, -0.25) is 0 Å². The highest BCUT2D eigenvalue weighted by molar-refractivity contribution is 7.99. The Balaban J connectivity index is 2.46. The van der Waals surface area contributed by atoms with E-state index in [1.807, 2.05) is 7.05 Å². The number of hydrogen-bond acceptors (Lipinski definition) is 3. The molecule has 0 bridgehead atoms. The maximum absolute atomic E-state index is 8.66. The summed E-state index contributed by atoms with van der Waals surface area (Å²) in [5.74, 6) is 0.986. The molecule has 0 amide bonds. The van der Waals surface area contributed by atoms with Crippen LogP contribution in [-0.2, 0) is 6.54 Å². The Kier molecular flexibility index (Phi) is 5.68. The zero-order chi connectivity index (χ0) is 10.2. The molecule has 0 fully saturated rings. The van der Waals surface area contributed by atoms with Crippen molar-refractivity contribution in [3.63, 3.8) is 0 Å². The lowest BCUT2D eigenvalue weighted by Crippen LogP contribution is -2.04. The summed E-state index contributed by atoms with van der Waals surface area (Å²) in [7, 11) is 1.95. The van der Waals surface area contributed by atoms with Crippen LogP contribution in [0.5, 0.6) is 0 Å². The fourth-order valence-electron chi connectivity index (χ4n) is 1.20. The number of aliphatic hydroxyl groups is 1. The summed E-state index contributed by atoms with van der Waals surface area (Å²) in [6.45, 7) is 1.19. The minimum absolute atomic E-state index is 0.281. The fourth-order valence-corrected chi connectivity index (χ4v) is 2.12. The van der Waals surface area contributed by atoms with E-state index < -0.39 is 0 Å². The van der Waals surface area contributed by atoms with E-state index in [0.29, 0.717) is 0 Å². The lowest BCUT2D eigenvalue weighted by Gasteiger charge is -2.03. The molecule has 0 spiro atoms. The van der Waals surface area contributed by atoms with Crippen LogP contribution in [0.1, 0.15) is 12.0 Å². The zero-order valence-electron chi connectivity index (χ0n) is 8.49. The Hall–Kier alpha value is -0.510. The quantitative estimate of drug-likeness (QED) is 0.556. The second-order valence-corrected chi connectivity index (χ2v) is 4.27. The number of hydrogen-bond donors (Lipinski definition) is 2. The van der Waals surface area contributed by atoms with Crippen LogP contribution >= 0.6 is 11.8 Å². The summed E-state index contributed by atoms with van der Waals surface area (Å²) < 4.78 is 0. The van der Waals surface area contributed by atoms with Gasteiger partial charge < -0.3 is 10.4 Å². The first kappa shape index (κ1) is 11.6. The fraction of sp³-hybridized carbons (Fsp3) is 0.455. The van der Waals surface area contributed by atoms with E-state index in [4.69, 9.17) is 5.11 Å². The van der Waals surface area contributed by atoms with Gasteiger partial charge in [0.2, 0.25) is 0 Å². The second-order valence-electron chi connectivity index (χ2n) is 3.10. The molecule has 0 unspecified atom stereocenters. The molecule has 0 saturated carbocycles. The van der Waals surface area contributed by atoms with Gasteiger partial charge in [0.25, 0.3) is 0 Å². The van der Waals surface area contributed by atoms with Crippen molar-refractivity contribution >= 4 is 11.8 Å². The van der Waals surface area contributed by atoms with Crippen LogP contribution < -0.4 is 5.32 Å². The van der Waals surface area contributed by atoms with Gasteiger partial charge in [0.1, 0.15) is 0 Å². The number of thioether (sulfide) groups is 1. The van der Waals surface area contributed by atoms with Crippen molar-refractivity contribution in [2.75, 3.05) is 19.4 Å². The van der Waals surface area contributed by atoms with E-state index in [0.717, 1.165) is 18.7 Å². The maximum atomic E-state index is 8.66. The molecular formula is C11H17NOS. The molecule has 2 nitrogen and oxygen atoms in total. The molecule has 3 heteroatoms. The van der Waals surface area contributed by atoms with Crippen LogP contribution in [0.3, 0.4) is 0 Å². The summed E-state index contributed by atoms with van der Waals surface area (Å²) in [5.41, 5.74) is 1.31. The SMILES string of the molecule is CNCc1cccc(SCCCO)c1. The van der Waals surface area contributed by atoms with Crippen LogP contribution in [0, 0.1) is 0 Å². The molecule has 0 atom stereocenters. The second kappa shape index (κ2) is 6.87. The largest absolute Gasteiger partial charge is 0.396 e. The smallest absolute Gasteiger partial charge is 0.0439 e. The summed E-state index contributed by atoms with van der Waals surface area (Å²) >= 11 is 1.80. The van der Waals surface area contributed by atoms with Crippen molar-refractivity contribution in [3.8, 4) is 0 Å². The molecule has 0 aliphatic carbocycles. The Morgan fingerprint density at radius 3 is 3.00 bits per heavy atom. The first-order valence-electron chi connectivity index (χ1n) is 4.84. The van der Waals surface area contributed by atoms with Crippen LogP contribution in [-0.4, -0.2) is 24.5 Å². The molecule has 2 N–H and O–H groups in total. The Morgan fingerprint density at radius 1 is 1.43 bits per heavy atom. The molecule has 0 heterocycles. The monoisotopic (exact) mass is 211 g/mol. The lowest BCUT2D eigenvalue weighted by molar-refractivity contribution is 0.296. The van der Waals surface area contributed by atoms with Gasteiger partial charge in [-0.15, -0.1) is 11.8 Å². The molecular weight excluding hydrogens is 194 g/mol. The summed E-state index contributed by atoms with van der Waals surface area (Å²) in [6.07, 6.45) is 0.862. The third-order valence-corrected chi connectivity index (χ3v) is 2.93. The highest BCUT2D eigenvalue weighted by atomic mass is 32.2. The Morgan fingerprint density at radius 2 is 2.29 bits per heavy atom. The molecule has 14 heavy (non-hydrogen) atoms. The van der Waals surface area contributed by atoms with Crippen molar-refractivity contribution in [2.45, 2.75) is 17.9 Å². The predicted molar refractivity (Wildman–Crippen MR) is 61.6 cm³/mol. The average Bonchev–Trinajstić information content (AvgIpc) is 2.19. The number of nitrogens with one attached hydrogen (secondary N) is 1. The van der Waals surface area contributed by atoms with Gasteiger partial charge in [-0.25, -0.2) is 0 Å². The van der Waals surface area contributed by atoms with Gasteiger partial charge in [0.05, 0.1) is 0 Å².